The molecule has 0 unspecified atom stereocenters. The van der Waals surface area contributed by atoms with Crippen LogP contribution in [0.15, 0.2) is 23.7 Å². The van der Waals surface area contributed by atoms with Crippen LogP contribution in [-0.2, 0) is 16.1 Å². The number of methoxy groups -OCH3 is 1. The number of thioether (sulfide) groups is 1. The van der Waals surface area contributed by atoms with Crippen molar-refractivity contribution in [3.8, 4) is 0 Å². The molecule has 0 aliphatic carbocycles. The van der Waals surface area contributed by atoms with Gasteiger partial charge in [0.05, 0.1) is 15.8 Å². The number of ether oxygens (including phenoxy) is 1. The van der Waals surface area contributed by atoms with E-state index in [1.54, 1.807) is 13.4 Å². The quantitative estimate of drug-likeness (QED) is 0.564. The fourth-order valence-electron chi connectivity index (χ4n) is 1.69. The summed E-state index contributed by atoms with van der Waals surface area (Å²) in [6.45, 7) is 1.39. The number of rotatable bonds is 8. The molecule has 0 fully saturated rings. The van der Waals surface area contributed by atoms with E-state index in [9.17, 15) is 4.79 Å². The van der Waals surface area contributed by atoms with E-state index in [1.165, 1.54) is 24.0 Å². The van der Waals surface area contributed by atoms with Crippen molar-refractivity contribution in [1.82, 2.24) is 19.7 Å². The van der Waals surface area contributed by atoms with Crippen molar-refractivity contribution in [2.45, 2.75) is 18.1 Å². The van der Waals surface area contributed by atoms with Crippen molar-refractivity contribution in [3.63, 3.8) is 0 Å². The molecule has 1 amide bonds. The van der Waals surface area contributed by atoms with Gasteiger partial charge in [0.2, 0.25) is 5.91 Å². The SMILES string of the molecule is COCCCn1cnnc1SCC(=O)Nc1ncc(Cl)cc1Cl. The van der Waals surface area contributed by atoms with Gasteiger partial charge in [-0.05, 0) is 12.5 Å². The van der Waals surface area contributed by atoms with E-state index < -0.39 is 0 Å². The van der Waals surface area contributed by atoms with Gasteiger partial charge < -0.3 is 14.6 Å². The van der Waals surface area contributed by atoms with Gasteiger partial charge in [-0.25, -0.2) is 4.98 Å². The average Bonchev–Trinajstić information content (AvgIpc) is 2.96. The molecule has 0 radical (unpaired) electrons. The number of hydrogen-bond acceptors (Lipinski definition) is 6. The number of nitrogens with zero attached hydrogens (tertiary/aromatic N) is 4. The van der Waals surface area contributed by atoms with Gasteiger partial charge in [-0.15, -0.1) is 10.2 Å². The van der Waals surface area contributed by atoms with Crippen molar-refractivity contribution in [3.05, 3.63) is 28.6 Å². The maximum atomic E-state index is 12.0. The molecule has 2 rings (SSSR count). The summed E-state index contributed by atoms with van der Waals surface area (Å²) in [6, 6.07) is 1.52. The van der Waals surface area contributed by atoms with E-state index in [2.05, 4.69) is 20.5 Å². The molecular formula is C13H15Cl2N5O2S. The summed E-state index contributed by atoms with van der Waals surface area (Å²) in [5, 5.41) is 11.9. The minimum absolute atomic E-state index is 0.170. The highest BCUT2D eigenvalue weighted by Gasteiger charge is 2.11. The van der Waals surface area contributed by atoms with Crippen LogP contribution >= 0.6 is 35.0 Å². The zero-order chi connectivity index (χ0) is 16.7. The number of hydrogen-bond donors (Lipinski definition) is 1. The van der Waals surface area contributed by atoms with Gasteiger partial charge in [-0.2, -0.15) is 0 Å². The van der Waals surface area contributed by atoms with Crippen LogP contribution in [0, 0.1) is 0 Å². The number of aryl methyl sites for hydroxylation is 1. The monoisotopic (exact) mass is 375 g/mol. The standard InChI is InChI=1S/C13H15Cl2N5O2S/c1-22-4-2-3-20-8-17-19-13(20)23-7-11(21)18-12-10(15)5-9(14)6-16-12/h5-6,8H,2-4,7H2,1H3,(H,16,18,21). The molecule has 7 nitrogen and oxygen atoms in total. The summed E-state index contributed by atoms with van der Waals surface area (Å²) in [7, 11) is 1.65. The Morgan fingerprint density at radius 3 is 3.04 bits per heavy atom. The van der Waals surface area contributed by atoms with Gasteiger partial charge in [0.15, 0.2) is 11.0 Å². The number of nitrogens with one attached hydrogen (secondary N) is 1. The fourth-order valence-corrected chi connectivity index (χ4v) is 2.86. The zero-order valence-corrected chi connectivity index (χ0v) is 14.7. The molecular weight excluding hydrogens is 361 g/mol. The summed E-state index contributed by atoms with van der Waals surface area (Å²) in [5.41, 5.74) is 0. The summed E-state index contributed by atoms with van der Waals surface area (Å²) in [4.78, 5) is 16.0. The topological polar surface area (TPSA) is 81.9 Å². The number of amides is 1. The zero-order valence-electron chi connectivity index (χ0n) is 12.3. The molecule has 0 atom stereocenters. The van der Waals surface area contributed by atoms with E-state index in [0.717, 1.165) is 13.0 Å². The van der Waals surface area contributed by atoms with Crippen LogP contribution < -0.4 is 5.32 Å². The first-order valence-electron chi connectivity index (χ1n) is 6.70. The lowest BCUT2D eigenvalue weighted by atomic mass is 10.4. The Morgan fingerprint density at radius 1 is 1.48 bits per heavy atom. The lowest BCUT2D eigenvalue weighted by Crippen LogP contribution is -2.16. The highest BCUT2D eigenvalue weighted by atomic mass is 35.5. The van der Waals surface area contributed by atoms with E-state index in [4.69, 9.17) is 27.9 Å². The average molecular weight is 376 g/mol. The number of carbonyl (C=O) groups excluding carboxylic acids is 1. The third kappa shape index (κ3) is 5.65. The smallest absolute Gasteiger partial charge is 0.236 e. The van der Waals surface area contributed by atoms with E-state index >= 15 is 0 Å². The van der Waals surface area contributed by atoms with Gasteiger partial charge in [0, 0.05) is 26.5 Å². The van der Waals surface area contributed by atoms with Crippen LogP contribution in [0.3, 0.4) is 0 Å². The third-order valence-electron chi connectivity index (χ3n) is 2.73. The Morgan fingerprint density at radius 2 is 2.30 bits per heavy atom. The van der Waals surface area contributed by atoms with Gasteiger partial charge in [-0.3, -0.25) is 4.79 Å². The minimum atomic E-state index is -0.238. The van der Waals surface area contributed by atoms with Gasteiger partial charge in [-0.1, -0.05) is 35.0 Å². The number of carbonyl (C=O) groups is 1. The van der Waals surface area contributed by atoms with Gasteiger partial charge >= 0.3 is 0 Å². The summed E-state index contributed by atoms with van der Waals surface area (Å²) in [5.74, 6) is 0.213. The predicted molar refractivity (Wildman–Crippen MR) is 90.1 cm³/mol. The second-order valence-electron chi connectivity index (χ2n) is 4.47. The van der Waals surface area contributed by atoms with E-state index in [-0.39, 0.29) is 17.5 Å². The summed E-state index contributed by atoms with van der Waals surface area (Å²) >= 11 is 13.0. The molecule has 2 aromatic heterocycles. The highest BCUT2D eigenvalue weighted by Crippen LogP contribution is 2.23. The van der Waals surface area contributed by atoms with Crippen molar-refractivity contribution < 1.29 is 9.53 Å². The van der Waals surface area contributed by atoms with E-state index in [1.807, 2.05) is 4.57 Å². The van der Waals surface area contributed by atoms with Gasteiger partial charge in [0.25, 0.3) is 0 Å². The minimum Gasteiger partial charge on any atom is -0.385 e. The van der Waals surface area contributed by atoms with Crippen LogP contribution in [0.2, 0.25) is 10.0 Å². The fraction of sp³-hybridized carbons (Fsp3) is 0.385. The molecule has 23 heavy (non-hydrogen) atoms. The van der Waals surface area contributed by atoms with Crippen LogP contribution in [0.4, 0.5) is 5.82 Å². The van der Waals surface area contributed by atoms with Crippen LogP contribution in [0.1, 0.15) is 6.42 Å². The van der Waals surface area contributed by atoms with Crippen LogP contribution in [-0.4, -0.2) is 45.1 Å². The Kier molecular flexibility index (Phi) is 7.10. The Labute approximate surface area is 147 Å². The number of aromatic nitrogens is 4. The molecule has 0 aromatic carbocycles. The molecule has 2 aromatic rings. The molecule has 2 heterocycles. The van der Waals surface area contributed by atoms with Crippen LogP contribution in [0.5, 0.6) is 0 Å². The normalized spacial score (nSPS) is 10.7. The molecule has 0 aliphatic rings. The predicted octanol–water partition coefficient (Wildman–Crippen LogP) is 2.75. The Hall–Kier alpha value is -1.35. The molecule has 0 spiro atoms. The van der Waals surface area contributed by atoms with E-state index in [0.29, 0.717) is 21.8 Å². The third-order valence-corrected chi connectivity index (χ3v) is 4.20. The summed E-state index contributed by atoms with van der Waals surface area (Å²) < 4.78 is 6.89. The molecule has 124 valence electrons. The summed E-state index contributed by atoms with van der Waals surface area (Å²) in [6.07, 6.45) is 3.90. The maximum Gasteiger partial charge on any atom is 0.236 e. The van der Waals surface area contributed by atoms with Crippen LogP contribution in [0.25, 0.3) is 0 Å². The first kappa shape index (κ1) is 18.0. The van der Waals surface area contributed by atoms with Crippen molar-refractivity contribution in [2.24, 2.45) is 0 Å². The molecule has 10 heteroatoms. The second-order valence-corrected chi connectivity index (χ2v) is 6.26. The second kappa shape index (κ2) is 9.07. The maximum absolute atomic E-state index is 12.0. The number of pyridine rings is 1. The first-order valence-corrected chi connectivity index (χ1v) is 8.44. The van der Waals surface area contributed by atoms with Crippen molar-refractivity contribution >= 4 is 46.7 Å². The number of halogens is 2. The van der Waals surface area contributed by atoms with Crippen molar-refractivity contribution in [1.29, 1.82) is 0 Å². The van der Waals surface area contributed by atoms with Crippen molar-refractivity contribution in [2.75, 3.05) is 24.8 Å². The Balaban J connectivity index is 1.86. The first-order chi connectivity index (χ1) is 11.1. The molecule has 0 saturated carbocycles. The van der Waals surface area contributed by atoms with Gasteiger partial charge in [0.1, 0.15) is 6.33 Å². The molecule has 0 bridgehead atoms. The Bertz CT molecular complexity index is 668. The largest absolute Gasteiger partial charge is 0.385 e. The molecule has 0 saturated heterocycles. The highest BCUT2D eigenvalue weighted by molar-refractivity contribution is 7.99. The molecule has 0 aliphatic heterocycles. The molecule has 1 N–H and O–H groups in total. The number of anilines is 1. The lowest BCUT2D eigenvalue weighted by Gasteiger charge is -2.07. The lowest BCUT2D eigenvalue weighted by molar-refractivity contribution is -0.113.